The number of fused-ring (bicyclic) bond motifs is 3. The van der Waals surface area contributed by atoms with Gasteiger partial charge in [0, 0.05) is 137 Å². The first kappa shape index (κ1) is 67.8. The monoisotopic (exact) mass is 1360 g/mol. The zero-order valence-electron chi connectivity index (χ0n) is 58.6. The third-order valence-electron chi connectivity index (χ3n) is 16.8. The van der Waals surface area contributed by atoms with Gasteiger partial charge in [-0.2, -0.15) is 30.6 Å². The summed E-state index contributed by atoms with van der Waals surface area (Å²) in [6, 6.07) is 33.1. The molecule has 102 heavy (non-hydrogen) atoms. The van der Waals surface area contributed by atoms with Crippen LogP contribution in [0.4, 0.5) is 17.5 Å². The zero-order valence-corrected chi connectivity index (χ0v) is 58.6. The van der Waals surface area contributed by atoms with E-state index in [0.29, 0.717) is 17.5 Å². The molecule has 3 aromatic carbocycles. The van der Waals surface area contributed by atoms with E-state index in [0.717, 1.165) is 118 Å². The quantitative estimate of drug-likeness (QED) is 0.0859. The van der Waals surface area contributed by atoms with Crippen molar-refractivity contribution in [2.45, 2.75) is 97.8 Å². The van der Waals surface area contributed by atoms with Crippen LogP contribution in [0.3, 0.4) is 0 Å². The number of anilines is 3. The maximum atomic E-state index is 12.5. The maximum Gasteiger partial charge on any atom is 0.230 e. The highest BCUT2D eigenvalue weighted by molar-refractivity contribution is 5.93. The number of nitrogens with zero attached hydrogens (tertiary/aromatic N) is 17. The average Bonchev–Trinajstić information content (AvgIpc) is 1.64. The normalized spacial score (nSPS) is 11.8. The molecule has 0 unspecified atom stereocenters. The molecular weight excluding hydrogens is 1290 g/mol. The van der Waals surface area contributed by atoms with E-state index in [2.05, 4.69) is 84.1 Å². The Balaban J connectivity index is 0.000000137. The molecule has 0 spiro atoms. The number of aryl methyl sites for hydroxylation is 3. The van der Waals surface area contributed by atoms with Crippen LogP contribution < -0.4 is 16.0 Å². The number of nitrogens with one attached hydrogen (secondary N) is 3. The molecule has 0 fully saturated rings. The van der Waals surface area contributed by atoms with Crippen molar-refractivity contribution >= 4 is 51.9 Å². The number of hydrogen-bond donors (Lipinski definition) is 3. The molecule has 0 aliphatic heterocycles. The first-order valence-corrected chi connectivity index (χ1v) is 33.0. The fourth-order valence-corrected chi connectivity index (χ4v) is 11.1. The molecule has 15 rings (SSSR count). The number of aromatic nitrogens is 17. The molecule has 26 nitrogen and oxygen atoms in total. The van der Waals surface area contributed by atoms with Crippen LogP contribution in [0.2, 0.25) is 0 Å². The molecule has 0 saturated carbocycles. The molecular formula is C76H76N20O6. The number of hydrogen-bond acceptors (Lipinski definition) is 17. The predicted molar refractivity (Wildman–Crippen MR) is 387 cm³/mol. The van der Waals surface area contributed by atoms with E-state index in [1.165, 1.54) is 0 Å². The highest BCUT2D eigenvalue weighted by Crippen LogP contribution is 2.33. The maximum absolute atomic E-state index is 12.5. The summed E-state index contributed by atoms with van der Waals surface area (Å²) in [6.45, 7) is 18.3. The third kappa shape index (κ3) is 15.7. The Kier molecular flexibility index (Phi) is 18.5. The van der Waals surface area contributed by atoms with Gasteiger partial charge >= 0.3 is 0 Å². The van der Waals surface area contributed by atoms with Gasteiger partial charge in [-0.3, -0.25) is 33.4 Å². The van der Waals surface area contributed by atoms with Gasteiger partial charge in [-0.25, -0.2) is 18.5 Å². The van der Waals surface area contributed by atoms with Crippen molar-refractivity contribution in [2.75, 3.05) is 16.0 Å². The van der Waals surface area contributed by atoms with Crippen LogP contribution in [0, 0.1) is 0 Å². The van der Waals surface area contributed by atoms with Crippen molar-refractivity contribution in [3.8, 4) is 66.9 Å². The van der Waals surface area contributed by atoms with Crippen LogP contribution in [0.15, 0.2) is 203 Å². The van der Waals surface area contributed by atoms with E-state index in [4.69, 9.17) is 13.6 Å². The molecule has 15 aromatic rings. The second-order valence-electron chi connectivity index (χ2n) is 28.1. The third-order valence-corrected chi connectivity index (χ3v) is 16.8. The van der Waals surface area contributed by atoms with Crippen LogP contribution in [0.1, 0.15) is 96.3 Å². The van der Waals surface area contributed by atoms with Gasteiger partial charge in [0.25, 0.3) is 0 Å². The SMILES string of the molecule is Cn1cc(-c2ccc3c(-c4ccc(CC(=O)Nc5cc(C(C)(C)C)on5)cc4)cnn3c2)cn1.Cn1cc(-c2cn3ncc(-c4ccc(CC(=O)Nc5cc(C(C)(C)C)on5)cc4)c3cn2)cn1.Cn1cc(-c2cnc3c(-c4ccc(CC(=O)Nc5cc(C(C)(C)C)on5)cc4)cnn3c2)cn1. The van der Waals surface area contributed by atoms with Gasteiger partial charge in [0.2, 0.25) is 17.7 Å². The van der Waals surface area contributed by atoms with E-state index < -0.39 is 0 Å². The largest absolute Gasteiger partial charge is 0.359 e. The number of carbonyl (C=O) groups is 3. The second kappa shape index (κ2) is 27.9. The fraction of sp³-hybridized carbons (Fsp3) is 0.237. The summed E-state index contributed by atoms with van der Waals surface area (Å²) in [4.78, 5) is 46.6. The van der Waals surface area contributed by atoms with Gasteiger partial charge in [-0.1, -0.05) is 157 Å². The molecule has 0 radical (unpaired) electrons. The summed E-state index contributed by atoms with van der Waals surface area (Å²) in [5, 5.41) is 46.4. The van der Waals surface area contributed by atoms with Gasteiger partial charge in [0.1, 0.15) is 17.3 Å². The van der Waals surface area contributed by atoms with Gasteiger partial charge in [-0.15, -0.1) is 0 Å². The van der Waals surface area contributed by atoms with E-state index in [9.17, 15) is 14.4 Å². The Morgan fingerprint density at radius 1 is 0.353 bits per heavy atom. The van der Waals surface area contributed by atoms with E-state index in [-0.39, 0.29) is 53.2 Å². The van der Waals surface area contributed by atoms with Crippen LogP contribution in [0.5, 0.6) is 0 Å². The molecule has 516 valence electrons. The Hall–Kier alpha value is -12.7. The predicted octanol–water partition coefficient (Wildman–Crippen LogP) is 13.4. The Morgan fingerprint density at radius 2 is 0.716 bits per heavy atom. The van der Waals surface area contributed by atoms with Crippen molar-refractivity contribution in [2.24, 2.45) is 21.1 Å². The zero-order chi connectivity index (χ0) is 71.6. The molecule has 0 aliphatic rings. The lowest BCUT2D eigenvalue weighted by molar-refractivity contribution is -0.116. The Bertz CT molecular complexity index is 4940. The standard InChI is InChI=1S/C26H26N6O2.2C25H25N7O2/c1-26(2,3)23-12-24(30-34-23)29-25(33)11-17-5-7-18(8-6-17)21-14-28-32-16-19(9-10-22(21)32)20-13-27-31(4)15-20;1-25(2,3)21-10-22(30-34-21)29-23(33)9-16-5-7-17(8-6-16)20-13-28-32-15-18(11-26-24(20)32)19-12-27-31(4)14-19;1-25(2,3)22-10-23(30-34-22)29-24(33)9-16-5-7-17(8-6-16)19-12-28-32-15-20(26-13-21(19)32)18-11-27-31(4)14-18/h5-10,12-16H,11H2,1-4H3,(H,29,30,33);2*5-8,10-15H,9H2,1-4H3,(H,29,30,33). The highest BCUT2D eigenvalue weighted by Gasteiger charge is 2.24. The molecule has 12 aromatic heterocycles. The smallest absolute Gasteiger partial charge is 0.230 e. The number of carbonyl (C=O) groups excluding carboxylic acids is 3. The summed E-state index contributed by atoms with van der Waals surface area (Å²) in [5.74, 6) is 3.03. The van der Waals surface area contributed by atoms with Crippen LogP contribution in [-0.2, 0) is 71.0 Å². The molecule has 0 aliphatic carbocycles. The molecule has 12 heterocycles. The Morgan fingerprint density at radius 3 is 1.14 bits per heavy atom. The molecule has 0 bridgehead atoms. The van der Waals surface area contributed by atoms with Gasteiger partial charge in [0.05, 0.1) is 85.6 Å². The van der Waals surface area contributed by atoms with E-state index >= 15 is 0 Å². The summed E-state index contributed by atoms with van der Waals surface area (Å²) in [7, 11) is 5.66. The lowest BCUT2D eigenvalue weighted by Gasteiger charge is -2.12. The van der Waals surface area contributed by atoms with E-state index in [1.54, 1.807) is 55.4 Å². The van der Waals surface area contributed by atoms with Crippen molar-refractivity contribution in [3.63, 3.8) is 0 Å². The molecule has 26 heteroatoms. The number of amides is 3. The first-order valence-electron chi connectivity index (χ1n) is 33.0. The van der Waals surface area contributed by atoms with Crippen molar-refractivity contribution in [3.05, 3.63) is 224 Å². The summed E-state index contributed by atoms with van der Waals surface area (Å²) >= 11 is 0. The van der Waals surface area contributed by atoms with Crippen LogP contribution in [0.25, 0.3) is 83.6 Å². The summed E-state index contributed by atoms with van der Waals surface area (Å²) in [6.07, 6.45) is 26.9. The molecule has 3 amide bonds. The van der Waals surface area contributed by atoms with Crippen molar-refractivity contribution in [1.29, 1.82) is 0 Å². The van der Waals surface area contributed by atoms with Crippen LogP contribution >= 0.6 is 0 Å². The highest BCUT2D eigenvalue weighted by atomic mass is 16.5. The number of benzene rings is 3. The number of rotatable bonds is 15. The lowest BCUT2D eigenvalue weighted by atomic mass is 9.93. The topological polar surface area (TPSA) is 297 Å². The number of pyridine rings is 1. The Labute approximate surface area is 586 Å². The van der Waals surface area contributed by atoms with Gasteiger partial charge in [-0.05, 0) is 39.4 Å². The molecule has 0 atom stereocenters. The van der Waals surface area contributed by atoms with Crippen molar-refractivity contribution < 1.29 is 28.0 Å². The minimum Gasteiger partial charge on any atom is -0.359 e. The van der Waals surface area contributed by atoms with E-state index in [1.807, 2.05) is 233 Å². The van der Waals surface area contributed by atoms with Gasteiger partial charge < -0.3 is 29.5 Å². The summed E-state index contributed by atoms with van der Waals surface area (Å²) in [5.41, 5.74) is 16.6. The second-order valence-corrected chi connectivity index (χ2v) is 28.1. The minimum absolute atomic E-state index is 0.138. The van der Waals surface area contributed by atoms with Crippen molar-refractivity contribution in [1.82, 2.24) is 83.6 Å². The lowest BCUT2D eigenvalue weighted by Crippen LogP contribution is -2.14. The summed E-state index contributed by atoms with van der Waals surface area (Å²) < 4.78 is 26.7. The van der Waals surface area contributed by atoms with Gasteiger partial charge in [0.15, 0.2) is 23.1 Å². The molecule has 0 saturated heterocycles. The van der Waals surface area contributed by atoms with Crippen LogP contribution in [-0.4, -0.2) is 101 Å². The molecule has 3 N–H and O–H groups in total. The first-order chi connectivity index (χ1) is 48.8. The minimum atomic E-state index is -0.168. The average molecular weight is 1370 g/mol. The fourth-order valence-electron chi connectivity index (χ4n) is 11.1.